The number of amides is 2. The van der Waals surface area contributed by atoms with Crippen LogP contribution in [0.4, 0.5) is 5.69 Å². The zero-order chi connectivity index (χ0) is 19.4. The number of hydrogen-bond donors (Lipinski definition) is 1. The molecule has 1 aromatic heterocycles. The van der Waals surface area contributed by atoms with E-state index in [1.807, 2.05) is 13.0 Å². The minimum Gasteiger partial charge on any atom is -0.494 e. The van der Waals surface area contributed by atoms with Gasteiger partial charge in [-0.2, -0.15) is 0 Å². The molecule has 0 aliphatic carbocycles. The molecule has 0 unspecified atom stereocenters. The Labute approximate surface area is 162 Å². The summed E-state index contributed by atoms with van der Waals surface area (Å²) >= 11 is 5.36. The lowest BCUT2D eigenvalue weighted by atomic mass is 10.1. The fourth-order valence-electron chi connectivity index (χ4n) is 2.91. The maximum atomic E-state index is 12.5. The van der Waals surface area contributed by atoms with Crippen LogP contribution in [0.3, 0.4) is 0 Å². The number of furan rings is 1. The van der Waals surface area contributed by atoms with Crippen LogP contribution in [-0.2, 0) is 16.1 Å². The molecule has 1 aliphatic rings. The number of likely N-dealkylation sites (N-methyl/N-ethyl adjacent to an activating group) is 1. The number of anilines is 1. The summed E-state index contributed by atoms with van der Waals surface area (Å²) in [4.78, 5) is 28.1. The van der Waals surface area contributed by atoms with E-state index in [0.29, 0.717) is 29.7 Å². The van der Waals surface area contributed by atoms with Crippen LogP contribution in [0.15, 0.2) is 47.1 Å². The first-order valence-corrected chi connectivity index (χ1v) is 9.03. The summed E-state index contributed by atoms with van der Waals surface area (Å²) in [7, 11) is 1.62. The number of benzene rings is 1. The predicted octanol–water partition coefficient (Wildman–Crippen LogP) is 2.63. The first kappa shape index (κ1) is 18.9. The van der Waals surface area contributed by atoms with Gasteiger partial charge in [-0.1, -0.05) is 0 Å². The number of rotatable bonds is 7. The number of hydrogen-bond acceptors (Lipinski definition) is 5. The Morgan fingerprint density at radius 2 is 2.04 bits per heavy atom. The first-order chi connectivity index (χ1) is 13.0. The number of ether oxygens (including phenoxy) is 1. The standard InChI is InChI=1S/C19H21N3O4S/c1-3-25-14-8-6-13(7-9-14)20-17(23)11-16-18(24)21(2)19(27)22(16)12-15-5-4-10-26-15/h4-10,16H,3,11-12H2,1-2H3,(H,20,23)/t16-/m1/s1. The van der Waals surface area contributed by atoms with Crippen molar-refractivity contribution in [1.29, 1.82) is 0 Å². The quantitative estimate of drug-likeness (QED) is 0.736. The summed E-state index contributed by atoms with van der Waals surface area (Å²) in [6, 6.07) is 10.0. The maximum Gasteiger partial charge on any atom is 0.251 e. The number of nitrogens with one attached hydrogen (secondary N) is 1. The van der Waals surface area contributed by atoms with Crippen LogP contribution in [0.1, 0.15) is 19.1 Å². The third kappa shape index (κ3) is 4.28. The summed E-state index contributed by atoms with van der Waals surface area (Å²) in [6.07, 6.45) is 1.56. The Bertz CT molecular complexity index is 820. The van der Waals surface area contributed by atoms with Crippen LogP contribution in [0.25, 0.3) is 0 Å². The van der Waals surface area contributed by atoms with Crippen LogP contribution < -0.4 is 10.1 Å². The molecule has 1 N–H and O–H groups in total. The Balaban J connectivity index is 1.66. The van der Waals surface area contributed by atoms with E-state index < -0.39 is 6.04 Å². The molecule has 7 nitrogen and oxygen atoms in total. The zero-order valence-electron chi connectivity index (χ0n) is 15.2. The summed E-state index contributed by atoms with van der Waals surface area (Å²) in [6.45, 7) is 2.82. The molecule has 0 saturated carbocycles. The Kier molecular flexibility index (Phi) is 5.75. The van der Waals surface area contributed by atoms with E-state index in [0.717, 1.165) is 5.75 Å². The van der Waals surface area contributed by atoms with Gasteiger partial charge in [0, 0.05) is 12.7 Å². The van der Waals surface area contributed by atoms with Gasteiger partial charge < -0.3 is 19.4 Å². The van der Waals surface area contributed by atoms with Crippen molar-refractivity contribution in [2.45, 2.75) is 25.9 Å². The van der Waals surface area contributed by atoms with E-state index in [2.05, 4.69) is 5.32 Å². The molecule has 142 valence electrons. The SMILES string of the molecule is CCOc1ccc(NC(=O)C[C@@H]2C(=O)N(C)C(=S)N2Cc2ccco2)cc1. The van der Waals surface area contributed by atoms with E-state index in [1.165, 1.54) is 4.90 Å². The van der Waals surface area contributed by atoms with Gasteiger partial charge in [0.2, 0.25) is 5.91 Å². The molecule has 1 fully saturated rings. The minimum atomic E-state index is -0.657. The van der Waals surface area contributed by atoms with Gasteiger partial charge in [-0.25, -0.2) is 0 Å². The summed E-state index contributed by atoms with van der Waals surface area (Å²) < 4.78 is 10.7. The van der Waals surface area contributed by atoms with Gasteiger partial charge in [-0.3, -0.25) is 14.5 Å². The average molecular weight is 387 g/mol. The monoisotopic (exact) mass is 387 g/mol. The second-order valence-electron chi connectivity index (χ2n) is 6.11. The van der Waals surface area contributed by atoms with Gasteiger partial charge in [-0.05, 0) is 55.5 Å². The molecule has 0 spiro atoms. The van der Waals surface area contributed by atoms with Crippen LogP contribution in [-0.4, -0.2) is 46.4 Å². The molecule has 1 aromatic carbocycles. The van der Waals surface area contributed by atoms with Crippen molar-refractivity contribution in [3.63, 3.8) is 0 Å². The molecule has 0 bridgehead atoms. The van der Waals surface area contributed by atoms with E-state index in [-0.39, 0.29) is 18.2 Å². The van der Waals surface area contributed by atoms with Crippen molar-refractivity contribution >= 4 is 34.8 Å². The first-order valence-electron chi connectivity index (χ1n) is 8.63. The lowest BCUT2D eigenvalue weighted by Crippen LogP contribution is -2.37. The molecule has 3 rings (SSSR count). The Morgan fingerprint density at radius 3 is 2.67 bits per heavy atom. The third-order valence-electron chi connectivity index (χ3n) is 4.26. The molecule has 1 aliphatic heterocycles. The second kappa shape index (κ2) is 8.22. The Morgan fingerprint density at radius 1 is 1.30 bits per heavy atom. The van der Waals surface area contributed by atoms with Crippen molar-refractivity contribution in [2.75, 3.05) is 19.0 Å². The van der Waals surface area contributed by atoms with Crippen LogP contribution >= 0.6 is 12.2 Å². The van der Waals surface area contributed by atoms with Crippen molar-refractivity contribution in [3.05, 3.63) is 48.4 Å². The van der Waals surface area contributed by atoms with E-state index in [1.54, 1.807) is 48.5 Å². The van der Waals surface area contributed by atoms with Gasteiger partial charge in [0.15, 0.2) is 5.11 Å². The highest BCUT2D eigenvalue weighted by molar-refractivity contribution is 7.80. The zero-order valence-corrected chi connectivity index (χ0v) is 16.0. The normalized spacial score (nSPS) is 16.7. The van der Waals surface area contributed by atoms with E-state index >= 15 is 0 Å². The molecule has 1 atom stereocenters. The van der Waals surface area contributed by atoms with Gasteiger partial charge in [0.05, 0.1) is 25.8 Å². The topological polar surface area (TPSA) is 75.0 Å². The van der Waals surface area contributed by atoms with Gasteiger partial charge in [-0.15, -0.1) is 0 Å². The molecule has 27 heavy (non-hydrogen) atoms. The second-order valence-corrected chi connectivity index (χ2v) is 6.48. The van der Waals surface area contributed by atoms with Crippen molar-refractivity contribution in [3.8, 4) is 5.75 Å². The lowest BCUT2D eigenvalue weighted by molar-refractivity contribution is -0.130. The smallest absolute Gasteiger partial charge is 0.251 e. The summed E-state index contributed by atoms with van der Waals surface area (Å²) in [5.74, 6) is 0.948. The number of carbonyl (C=O) groups excluding carboxylic acids is 2. The summed E-state index contributed by atoms with van der Waals surface area (Å²) in [5, 5.41) is 3.19. The predicted molar refractivity (Wildman–Crippen MR) is 104 cm³/mol. The average Bonchev–Trinajstić information content (AvgIpc) is 3.23. The van der Waals surface area contributed by atoms with E-state index in [4.69, 9.17) is 21.4 Å². The molecule has 0 radical (unpaired) electrons. The number of nitrogens with zero attached hydrogens (tertiary/aromatic N) is 2. The fraction of sp³-hybridized carbons (Fsp3) is 0.316. The lowest BCUT2D eigenvalue weighted by Gasteiger charge is -2.22. The number of carbonyl (C=O) groups is 2. The molecular formula is C19H21N3O4S. The largest absolute Gasteiger partial charge is 0.494 e. The van der Waals surface area contributed by atoms with Crippen molar-refractivity contribution in [2.24, 2.45) is 0 Å². The van der Waals surface area contributed by atoms with Crippen LogP contribution in [0.2, 0.25) is 0 Å². The van der Waals surface area contributed by atoms with Gasteiger partial charge >= 0.3 is 0 Å². The van der Waals surface area contributed by atoms with Crippen molar-refractivity contribution in [1.82, 2.24) is 9.80 Å². The van der Waals surface area contributed by atoms with Gasteiger partial charge in [0.25, 0.3) is 5.91 Å². The van der Waals surface area contributed by atoms with Crippen molar-refractivity contribution < 1.29 is 18.7 Å². The molecule has 2 aromatic rings. The molecule has 2 amide bonds. The molecule has 1 saturated heterocycles. The minimum absolute atomic E-state index is 0.00274. The number of thiocarbonyl (C=S) groups is 1. The summed E-state index contributed by atoms with van der Waals surface area (Å²) in [5.41, 5.74) is 0.641. The Hall–Kier alpha value is -2.87. The van der Waals surface area contributed by atoms with Crippen LogP contribution in [0.5, 0.6) is 5.75 Å². The third-order valence-corrected chi connectivity index (χ3v) is 4.77. The molecule has 2 heterocycles. The van der Waals surface area contributed by atoms with Crippen LogP contribution in [0, 0.1) is 0 Å². The highest BCUT2D eigenvalue weighted by Crippen LogP contribution is 2.23. The molecular weight excluding hydrogens is 366 g/mol. The van der Waals surface area contributed by atoms with E-state index in [9.17, 15) is 9.59 Å². The molecule has 8 heteroatoms. The van der Waals surface area contributed by atoms with Gasteiger partial charge in [0.1, 0.15) is 17.6 Å². The fourth-order valence-corrected chi connectivity index (χ4v) is 3.19. The highest BCUT2D eigenvalue weighted by atomic mass is 32.1. The highest BCUT2D eigenvalue weighted by Gasteiger charge is 2.41. The maximum absolute atomic E-state index is 12.5.